The number of allylic oxidation sites excluding steroid dienone is 1. The minimum atomic E-state index is -0.966. The number of carboxylic acids is 1. The van der Waals surface area contributed by atoms with Crippen molar-refractivity contribution in [1.82, 2.24) is 0 Å². The van der Waals surface area contributed by atoms with Crippen molar-refractivity contribution >= 4 is 17.6 Å². The summed E-state index contributed by atoms with van der Waals surface area (Å²) in [6.45, 7) is 0. The van der Waals surface area contributed by atoms with Gasteiger partial charge in [-0.1, -0.05) is 23.7 Å². The Kier molecular flexibility index (Phi) is 4.31. The lowest BCUT2D eigenvalue weighted by Crippen LogP contribution is -1.88. The SMILES string of the molecule is O=C(O)/C=C/CCc1ccc(F)c(Cl)c1. The number of halogens is 2. The molecule has 0 saturated carbocycles. The fourth-order valence-electron chi connectivity index (χ4n) is 1.13. The van der Waals surface area contributed by atoms with Gasteiger partial charge in [0.05, 0.1) is 5.02 Å². The van der Waals surface area contributed by atoms with Crippen molar-refractivity contribution in [2.75, 3.05) is 0 Å². The Morgan fingerprint density at radius 2 is 2.27 bits per heavy atom. The molecular weight excluding hydrogens is 219 g/mol. The van der Waals surface area contributed by atoms with Crippen LogP contribution in [0.25, 0.3) is 0 Å². The third-order valence-corrected chi connectivity index (χ3v) is 2.13. The van der Waals surface area contributed by atoms with Gasteiger partial charge in [-0.3, -0.25) is 0 Å². The van der Waals surface area contributed by atoms with Crippen LogP contribution in [-0.4, -0.2) is 11.1 Å². The summed E-state index contributed by atoms with van der Waals surface area (Å²) in [5.74, 6) is -1.41. The second-order valence-electron chi connectivity index (χ2n) is 3.03. The first-order chi connectivity index (χ1) is 7.09. The van der Waals surface area contributed by atoms with Gasteiger partial charge in [0.1, 0.15) is 5.82 Å². The van der Waals surface area contributed by atoms with Crippen LogP contribution in [0.4, 0.5) is 4.39 Å². The molecule has 1 aromatic carbocycles. The Balaban J connectivity index is 2.51. The van der Waals surface area contributed by atoms with Crippen molar-refractivity contribution in [3.05, 3.63) is 46.8 Å². The molecule has 1 rings (SSSR count). The lowest BCUT2D eigenvalue weighted by Gasteiger charge is -1.99. The lowest BCUT2D eigenvalue weighted by atomic mass is 10.1. The van der Waals surface area contributed by atoms with Gasteiger partial charge in [0, 0.05) is 6.08 Å². The first-order valence-electron chi connectivity index (χ1n) is 4.43. The average molecular weight is 229 g/mol. The van der Waals surface area contributed by atoms with Crippen molar-refractivity contribution in [3.8, 4) is 0 Å². The molecule has 0 heterocycles. The van der Waals surface area contributed by atoms with Crippen molar-refractivity contribution in [1.29, 1.82) is 0 Å². The first-order valence-corrected chi connectivity index (χ1v) is 4.81. The summed E-state index contributed by atoms with van der Waals surface area (Å²) >= 11 is 5.59. The Bertz CT molecular complexity index is 388. The molecule has 15 heavy (non-hydrogen) atoms. The van der Waals surface area contributed by atoms with Crippen molar-refractivity contribution < 1.29 is 14.3 Å². The highest BCUT2D eigenvalue weighted by molar-refractivity contribution is 6.30. The molecule has 0 aliphatic rings. The van der Waals surface area contributed by atoms with E-state index >= 15 is 0 Å². The molecule has 1 aromatic rings. The van der Waals surface area contributed by atoms with Crippen LogP contribution in [0.3, 0.4) is 0 Å². The zero-order valence-corrected chi connectivity index (χ0v) is 8.67. The van der Waals surface area contributed by atoms with Gasteiger partial charge in [-0.15, -0.1) is 0 Å². The monoisotopic (exact) mass is 228 g/mol. The number of rotatable bonds is 4. The number of aliphatic carboxylic acids is 1. The van der Waals surface area contributed by atoms with Crippen LogP contribution in [0.2, 0.25) is 5.02 Å². The molecule has 80 valence electrons. The van der Waals surface area contributed by atoms with Gasteiger partial charge >= 0.3 is 5.97 Å². The van der Waals surface area contributed by atoms with Crippen LogP contribution in [0.5, 0.6) is 0 Å². The van der Waals surface area contributed by atoms with E-state index < -0.39 is 11.8 Å². The van der Waals surface area contributed by atoms with Gasteiger partial charge in [-0.05, 0) is 30.5 Å². The lowest BCUT2D eigenvalue weighted by molar-refractivity contribution is -0.131. The molecule has 0 bridgehead atoms. The highest BCUT2D eigenvalue weighted by atomic mass is 35.5. The van der Waals surface area contributed by atoms with Crippen LogP contribution >= 0.6 is 11.6 Å². The molecule has 2 nitrogen and oxygen atoms in total. The topological polar surface area (TPSA) is 37.3 Å². The fraction of sp³-hybridized carbons (Fsp3) is 0.182. The molecule has 0 fully saturated rings. The quantitative estimate of drug-likeness (QED) is 0.805. The average Bonchev–Trinajstić information content (AvgIpc) is 2.18. The molecule has 0 aromatic heterocycles. The number of hydrogen-bond acceptors (Lipinski definition) is 1. The molecule has 0 radical (unpaired) electrons. The normalized spacial score (nSPS) is 10.8. The second-order valence-corrected chi connectivity index (χ2v) is 3.43. The zero-order chi connectivity index (χ0) is 11.3. The fourth-order valence-corrected chi connectivity index (χ4v) is 1.33. The molecule has 0 atom stereocenters. The molecule has 0 spiro atoms. The molecule has 0 unspecified atom stereocenters. The van der Waals surface area contributed by atoms with Crippen LogP contribution in [0.1, 0.15) is 12.0 Å². The van der Waals surface area contributed by atoms with E-state index in [1.54, 1.807) is 18.2 Å². The molecule has 0 amide bonds. The maximum Gasteiger partial charge on any atom is 0.327 e. The summed E-state index contributed by atoms with van der Waals surface area (Å²) in [5.41, 5.74) is 0.886. The van der Waals surface area contributed by atoms with Crippen molar-refractivity contribution in [2.24, 2.45) is 0 Å². The van der Waals surface area contributed by atoms with E-state index in [0.29, 0.717) is 12.8 Å². The smallest absolute Gasteiger partial charge is 0.327 e. The Morgan fingerprint density at radius 3 is 2.87 bits per heavy atom. The third kappa shape index (κ3) is 4.13. The molecular formula is C11H10ClFO2. The van der Waals surface area contributed by atoms with Crippen LogP contribution in [0, 0.1) is 5.82 Å². The van der Waals surface area contributed by atoms with Gasteiger partial charge in [-0.25, -0.2) is 9.18 Å². The van der Waals surface area contributed by atoms with E-state index in [0.717, 1.165) is 11.6 Å². The predicted octanol–water partition coefficient (Wildman–Crippen LogP) is 3.05. The van der Waals surface area contributed by atoms with Gasteiger partial charge in [0.15, 0.2) is 0 Å². The Morgan fingerprint density at radius 1 is 1.53 bits per heavy atom. The summed E-state index contributed by atoms with van der Waals surface area (Å²) in [4.78, 5) is 10.2. The van der Waals surface area contributed by atoms with Gasteiger partial charge < -0.3 is 5.11 Å². The van der Waals surface area contributed by atoms with E-state index in [2.05, 4.69) is 0 Å². The maximum atomic E-state index is 12.8. The van der Waals surface area contributed by atoms with E-state index in [1.807, 2.05) is 0 Å². The Labute approximate surface area is 92.0 Å². The predicted molar refractivity (Wildman–Crippen MR) is 56.5 cm³/mol. The minimum Gasteiger partial charge on any atom is -0.478 e. The van der Waals surface area contributed by atoms with Gasteiger partial charge in [0.25, 0.3) is 0 Å². The first kappa shape index (κ1) is 11.7. The molecule has 0 aliphatic heterocycles. The summed E-state index contributed by atoms with van der Waals surface area (Å²) in [5, 5.41) is 8.43. The maximum absolute atomic E-state index is 12.8. The molecule has 0 saturated heterocycles. The zero-order valence-electron chi connectivity index (χ0n) is 7.91. The number of carboxylic acid groups (broad SMARTS) is 1. The third-order valence-electron chi connectivity index (χ3n) is 1.84. The summed E-state index contributed by atoms with van der Waals surface area (Å²) in [6.07, 6.45) is 3.88. The summed E-state index contributed by atoms with van der Waals surface area (Å²) in [6, 6.07) is 4.49. The van der Waals surface area contributed by atoms with Crippen molar-refractivity contribution in [2.45, 2.75) is 12.8 Å². The number of carbonyl (C=O) groups is 1. The van der Waals surface area contributed by atoms with E-state index in [9.17, 15) is 9.18 Å². The Hall–Kier alpha value is -1.35. The highest BCUT2D eigenvalue weighted by Gasteiger charge is 1.99. The largest absolute Gasteiger partial charge is 0.478 e. The number of benzene rings is 1. The molecule has 0 aliphatic carbocycles. The van der Waals surface area contributed by atoms with Crippen LogP contribution < -0.4 is 0 Å². The number of aryl methyl sites for hydroxylation is 1. The highest BCUT2D eigenvalue weighted by Crippen LogP contribution is 2.16. The number of hydrogen-bond donors (Lipinski definition) is 1. The minimum absolute atomic E-state index is 0.0923. The molecule has 4 heteroatoms. The van der Waals surface area contributed by atoms with Crippen molar-refractivity contribution in [3.63, 3.8) is 0 Å². The van der Waals surface area contributed by atoms with Gasteiger partial charge in [0.2, 0.25) is 0 Å². The standard InChI is InChI=1S/C11H10ClFO2/c12-9-7-8(5-6-10(9)13)3-1-2-4-11(14)15/h2,4-7H,1,3H2,(H,14,15)/b4-2+. The van der Waals surface area contributed by atoms with Crippen LogP contribution in [0.15, 0.2) is 30.4 Å². The van der Waals surface area contributed by atoms with E-state index in [1.165, 1.54) is 6.07 Å². The molecule has 1 N–H and O–H groups in total. The van der Waals surface area contributed by atoms with E-state index in [-0.39, 0.29) is 5.02 Å². The van der Waals surface area contributed by atoms with E-state index in [4.69, 9.17) is 16.7 Å². The summed E-state index contributed by atoms with van der Waals surface area (Å²) < 4.78 is 12.8. The van der Waals surface area contributed by atoms with Crippen LogP contribution in [-0.2, 0) is 11.2 Å². The summed E-state index contributed by atoms with van der Waals surface area (Å²) in [7, 11) is 0. The second kappa shape index (κ2) is 5.51. The van der Waals surface area contributed by atoms with Gasteiger partial charge in [-0.2, -0.15) is 0 Å².